The fourth-order valence-electron chi connectivity index (χ4n) is 7.49. The number of nitriles is 1. The Labute approximate surface area is 383 Å². The van der Waals surface area contributed by atoms with Crippen LogP contribution in [0.15, 0.2) is 101 Å². The van der Waals surface area contributed by atoms with Gasteiger partial charge in [0.05, 0.1) is 51.1 Å². The number of nitrogens with one attached hydrogen (secondary N) is 1. The molecule has 0 aliphatic carbocycles. The maximum atomic E-state index is 15.1. The average molecular weight is 939 g/mol. The zero-order valence-electron chi connectivity index (χ0n) is 39.4. The van der Waals surface area contributed by atoms with Crippen LogP contribution < -0.4 is 20.7 Å². The number of benzene rings is 3. The molecule has 0 amide bonds. The van der Waals surface area contributed by atoms with Crippen LogP contribution in [0.1, 0.15) is 98.6 Å². The number of hydrogen-bond donors (Lipinski definition) is 1. The topological polar surface area (TPSA) is 182 Å². The number of ether oxygens (including phenoxy) is 4. The van der Waals surface area contributed by atoms with Gasteiger partial charge in [0.15, 0.2) is 6.23 Å². The lowest BCUT2D eigenvalue weighted by atomic mass is 9.80. The molecule has 1 saturated heterocycles. The number of phosphoric acid groups is 1. The first-order valence-corrected chi connectivity index (χ1v) is 24.1. The second-order valence-electron chi connectivity index (χ2n) is 17.9. The summed E-state index contributed by atoms with van der Waals surface area (Å²) in [5.74, 6) is 1.27. The molecule has 5 rings (SSSR count). The monoisotopic (exact) mass is 938 g/mol. The highest BCUT2D eigenvalue weighted by molar-refractivity contribution is 7.48. The quantitative estimate of drug-likeness (QED) is 0.0474. The van der Waals surface area contributed by atoms with E-state index in [9.17, 15) is 14.9 Å². The lowest BCUT2D eigenvalue weighted by Crippen LogP contribution is -2.43. The lowest BCUT2D eigenvalue weighted by molar-refractivity contribution is -0.0955. The second kappa shape index (κ2) is 22.0. The molecule has 354 valence electrons. The van der Waals surface area contributed by atoms with Gasteiger partial charge in [-0.3, -0.25) is 27.9 Å². The molecular weight excluding hydrogens is 874 g/mol. The Balaban J connectivity index is 1.77. The molecule has 18 heteroatoms. The molecule has 5 atom stereocenters. The summed E-state index contributed by atoms with van der Waals surface area (Å²) in [6.45, 7) is 18.0. The van der Waals surface area contributed by atoms with Crippen molar-refractivity contribution in [1.82, 2.24) is 14.2 Å². The minimum absolute atomic E-state index is 0.0338. The molecule has 0 bridgehead atoms. The summed E-state index contributed by atoms with van der Waals surface area (Å²) in [7, 11) is -3.45. The van der Waals surface area contributed by atoms with Gasteiger partial charge < -0.3 is 28.0 Å². The Morgan fingerprint density at radius 1 is 0.800 bits per heavy atom. The van der Waals surface area contributed by atoms with Crippen LogP contribution in [0.25, 0.3) is 0 Å². The van der Waals surface area contributed by atoms with Gasteiger partial charge in [0, 0.05) is 24.3 Å². The Kier molecular flexibility index (Phi) is 17.6. The second-order valence-corrected chi connectivity index (χ2v) is 20.8. The van der Waals surface area contributed by atoms with E-state index in [0.29, 0.717) is 11.5 Å². The van der Waals surface area contributed by atoms with Crippen LogP contribution in [0.3, 0.4) is 0 Å². The summed E-state index contributed by atoms with van der Waals surface area (Å²) in [4.78, 5) is 28.5. The van der Waals surface area contributed by atoms with Crippen molar-refractivity contribution in [3.05, 3.63) is 129 Å². The first-order chi connectivity index (χ1) is 30.6. The van der Waals surface area contributed by atoms with E-state index in [1.165, 1.54) is 12.3 Å². The number of rotatable bonds is 21. The van der Waals surface area contributed by atoms with Gasteiger partial charge in [-0.05, 0) is 110 Å². The van der Waals surface area contributed by atoms with Crippen molar-refractivity contribution in [3.63, 3.8) is 0 Å². The summed E-state index contributed by atoms with van der Waals surface area (Å²) in [6.07, 6.45) is -3.87. The third-order valence-electron chi connectivity index (χ3n) is 9.94. The molecule has 4 aromatic rings. The molecule has 1 aliphatic heterocycles. The highest BCUT2D eigenvalue weighted by Gasteiger charge is 2.55. The molecule has 1 fully saturated rings. The number of phosphoric ester groups is 1. The van der Waals surface area contributed by atoms with Gasteiger partial charge in [0.25, 0.3) is 14.1 Å². The fraction of sp³-hybridized carbons (Fsp3) is 0.511. The number of H-pyrrole nitrogens is 1. The summed E-state index contributed by atoms with van der Waals surface area (Å²) in [5.41, 5.74) is -2.65. The molecule has 1 N–H and O–H groups in total. The van der Waals surface area contributed by atoms with Gasteiger partial charge in [-0.1, -0.05) is 54.6 Å². The van der Waals surface area contributed by atoms with E-state index < -0.39 is 68.9 Å². The van der Waals surface area contributed by atoms with Crippen molar-refractivity contribution in [2.75, 3.05) is 27.4 Å². The number of nitrogens with zero attached hydrogens (tertiary/aromatic N) is 3. The van der Waals surface area contributed by atoms with Crippen LogP contribution >= 0.6 is 16.3 Å². The van der Waals surface area contributed by atoms with Crippen molar-refractivity contribution >= 4 is 16.3 Å². The smallest absolute Gasteiger partial charge is 0.476 e. The van der Waals surface area contributed by atoms with Gasteiger partial charge in [-0.25, -0.2) is 14.0 Å². The van der Waals surface area contributed by atoms with Gasteiger partial charge in [-0.15, -0.1) is 0 Å². The molecule has 3 aromatic carbocycles. The van der Waals surface area contributed by atoms with E-state index in [1.54, 1.807) is 55.8 Å². The van der Waals surface area contributed by atoms with Crippen molar-refractivity contribution in [1.29, 1.82) is 5.26 Å². The highest BCUT2D eigenvalue weighted by Crippen LogP contribution is 2.60. The third kappa shape index (κ3) is 13.2. The van der Waals surface area contributed by atoms with Gasteiger partial charge in [0.2, 0.25) is 0 Å². The molecule has 0 radical (unpaired) electrons. The van der Waals surface area contributed by atoms with Gasteiger partial charge in [0.1, 0.15) is 35.4 Å². The zero-order chi connectivity index (χ0) is 47.7. The molecule has 1 aromatic heterocycles. The number of aromatic nitrogens is 2. The van der Waals surface area contributed by atoms with Crippen molar-refractivity contribution in [3.8, 4) is 17.6 Å². The Morgan fingerprint density at radius 2 is 1.32 bits per heavy atom. The predicted octanol–water partition coefficient (Wildman–Crippen LogP) is 9.24. The SMILES string of the molecule is COc1ccc(C(OC[C@H]2O[C@@H](n3ccc(=O)[nH]c3=O)[C@H](OP(=O)(OC(C)(C)C)OC(C)(C)C)[C@@H]2OP(OCCC#N)N(C(C)C)C(C)C)(c2ccccc2)c2ccc(OC)cc2)cc1. The van der Waals surface area contributed by atoms with E-state index in [-0.39, 0.29) is 31.7 Å². The van der Waals surface area contributed by atoms with Crippen LogP contribution in [0, 0.1) is 11.3 Å². The van der Waals surface area contributed by atoms with Crippen LogP contribution in [0.2, 0.25) is 0 Å². The highest BCUT2D eigenvalue weighted by atomic mass is 31.2. The fourth-order valence-corrected chi connectivity index (χ4v) is 11.3. The van der Waals surface area contributed by atoms with Crippen LogP contribution in [0.5, 0.6) is 11.5 Å². The normalized spacial score (nSPS) is 18.9. The average Bonchev–Trinajstić information content (AvgIpc) is 3.54. The molecule has 0 spiro atoms. The number of hydrogen-bond acceptors (Lipinski definition) is 14. The van der Waals surface area contributed by atoms with E-state index >= 15 is 4.57 Å². The summed E-state index contributed by atoms with van der Waals surface area (Å²) in [5, 5.41) is 9.55. The maximum absolute atomic E-state index is 15.1. The molecule has 65 heavy (non-hydrogen) atoms. The van der Waals surface area contributed by atoms with E-state index in [4.69, 9.17) is 41.6 Å². The largest absolute Gasteiger partial charge is 0.497 e. The van der Waals surface area contributed by atoms with Crippen LogP contribution in [-0.4, -0.2) is 83.3 Å². The first-order valence-electron chi connectivity index (χ1n) is 21.5. The van der Waals surface area contributed by atoms with Gasteiger partial charge in [-0.2, -0.15) is 5.26 Å². The molecule has 2 heterocycles. The van der Waals surface area contributed by atoms with E-state index in [2.05, 4.69) is 11.1 Å². The minimum atomic E-state index is -4.60. The predicted molar refractivity (Wildman–Crippen MR) is 248 cm³/mol. The van der Waals surface area contributed by atoms with Crippen LogP contribution in [-0.2, 0) is 42.3 Å². The van der Waals surface area contributed by atoms with Crippen molar-refractivity contribution in [2.45, 2.75) is 129 Å². The summed E-state index contributed by atoms with van der Waals surface area (Å²) >= 11 is 0. The number of aromatic amines is 1. The summed E-state index contributed by atoms with van der Waals surface area (Å²) in [6, 6.07) is 27.8. The number of methoxy groups -OCH3 is 2. The third-order valence-corrected chi connectivity index (χ3v) is 14.1. The van der Waals surface area contributed by atoms with Crippen molar-refractivity contribution < 1.29 is 46.1 Å². The molecule has 1 unspecified atom stereocenters. The summed E-state index contributed by atoms with van der Waals surface area (Å²) < 4.78 is 76.1. The minimum Gasteiger partial charge on any atom is -0.497 e. The first kappa shape index (κ1) is 51.7. The standard InChI is InChI=1S/C47H64N4O12P2/c1-32(2)51(33(3)4)64(58-30-16-28-48)60-41-39(59-43(50-29-27-40(52)49-44(50)53)42(41)61-65(54,62-45(5,6)7)63-46(8,9)10)31-57-47(34-17-14-13-15-18-34,35-19-23-37(55-11)24-20-35)36-21-25-38(56-12)26-22-36/h13-15,17-27,29,32-33,39,41-43H,16,30-31H2,1-12H3,(H,49,52,53)/t39-,41-,42-,43-,64?/m1/s1. The van der Waals surface area contributed by atoms with Crippen molar-refractivity contribution in [2.24, 2.45) is 0 Å². The zero-order valence-corrected chi connectivity index (χ0v) is 41.2. The molecule has 1 aliphatic rings. The van der Waals surface area contributed by atoms with Crippen LogP contribution in [0.4, 0.5) is 0 Å². The van der Waals surface area contributed by atoms with Gasteiger partial charge >= 0.3 is 13.5 Å². The Hall–Kier alpha value is -4.23. The molecule has 16 nitrogen and oxygen atoms in total. The lowest BCUT2D eigenvalue weighted by Gasteiger charge is -2.40. The Morgan fingerprint density at radius 3 is 1.78 bits per heavy atom. The van der Waals surface area contributed by atoms with E-state index in [0.717, 1.165) is 21.3 Å². The Bertz CT molecular complexity index is 2260. The maximum Gasteiger partial charge on any atom is 0.476 e. The van der Waals surface area contributed by atoms with E-state index in [1.807, 2.05) is 111 Å². The molecule has 0 saturated carbocycles. The molecular formula is C47H64N4O12P2.